The summed E-state index contributed by atoms with van der Waals surface area (Å²) in [6.45, 7) is 0. The average Bonchev–Trinajstić information content (AvgIpc) is 2.84. The number of benzene rings is 1. The lowest BCUT2D eigenvalue weighted by Gasteiger charge is -2.07. The van der Waals surface area contributed by atoms with E-state index in [9.17, 15) is 5.11 Å². The molecular weight excluding hydrogens is 180 g/mol. The zero-order valence-electron chi connectivity index (χ0n) is 7.79. The number of rotatable bonds is 3. The van der Waals surface area contributed by atoms with Gasteiger partial charge in [-0.3, -0.25) is 0 Å². The van der Waals surface area contributed by atoms with Crippen LogP contribution in [0.3, 0.4) is 0 Å². The van der Waals surface area contributed by atoms with Gasteiger partial charge in [-0.25, -0.2) is 0 Å². The van der Waals surface area contributed by atoms with Gasteiger partial charge >= 0.3 is 0 Å². The number of aliphatic hydroxyl groups is 1. The number of hydrogen-bond donors (Lipinski definition) is 1. The van der Waals surface area contributed by atoms with Crippen molar-refractivity contribution in [1.82, 2.24) is 0 Å². The van der Waals surface area contributed by atoms with Crippen molar-refractivity contribution >= 4 is 11.8 Å². The van der Waals surface area contributed by atoms with Gasteiger partial charge in [-0.1, -0.05) is 12.1 Å². The van der Waals surface area contributed by atoms with E-state index < -0.39 is 0 Å². The molecular formula is C11H14OS. The van der Waals surface area contributed by atoms with Gasteiger partial charge in [-0.15, -0.1) is 11.8 Å². The summed E-state index contributed by atoms with van der Waals surface area (Å²) in [6, 6.07) is 8.43. The molecule has 2 rings (SSSR count). The summed E-state index contributed by atoms with van der Waals surface area (Å²) in [4.78, 5) is 1.28. The molecule has 0 aliphatic heterocycles. The average molecular weight is 194 g/mol. The Morgan fingerprint density at radius 3 is 2.85 bits per heavy atom. The molecule has 0 amide bonds. The van der Waals surface area contributed by atoms with E-state index in [4.69, 9.17) is 0 Å². The molecule has 0 heterocycles. The van der Waals surface area contributed by atoms with E-state index in [1.807, 2.05) is 0 Å². The molecule has 0 radical (unpaired) electrons. The molecule has 0 saturated heterocycles. The van der Waals surface area contributed by atoms with Crippen molar-refractivity contribution in [3.05, 3.63) is 29.8 Å². The Hall–Kier alpha value is -0.470. The van der Waals surface area contributed by atoms with Crippen LogP contribution in [0, 0.1) is 0 Å². The Morgan fingerprint density at radius 2 is 2.23 bits per heavy atom. The smallest absolute Gasteiger partial charge is 0.0690 e. The number of hydrogen-bond acceptors (Lipinski definition) is 2. The summed E-state index contributed by atoms with van der Waals surface area (Å²) < 4.78 is 0. The topological polar surface area (TPSA) is 20.2 Å². The maximum Gasteiger partial charge on any atom is 0.0690 e. The lowest BCUT2D eigenvalue weighted by molar-refractivity contribution is 0.151. The van der Waals surface area contributed by atoms with E-state index in [2.05, 4.69) is 30.5 Å². The Labute approximate surface area is 83.2 Å². The molecule has 70 valence electrons. The highest BCUT2D eigenvalue weighted by Crippen LogP contribution is 2.38. The van der Waals surface area contributed by atoms with Gasteiger partial charge in [0.15, 0.2) is 0 Å². The quantitative estimate of drug-likeness (QED) is 0.746. The molecule has 1 fully saturated rings. The van der Waals surface area contributed by atoms with Crippen LogP contribution in [0.25, 0.3) is 0 Å². The van der Waals surface area contributed by atoms with Crippen molar-refractivity contribution in [2.75, 3.05) is 6.26 Å². The minimum absolute atomic E-state index is 0.364. The van der Waals surface area contributed by atoms with Crippen LogP contribution in [0.4, 0.5) is 0 Å². The van der Waals surface area contributed by atoms with Crippen molar-refractivity contribution in [1.29, 1.82) is 0 Å². The SMILES string of the molecule is CSc1cccc(CC2(O)CC2)c1. The van der Waals surface area contributed by atoms with Crippen molar-refractivity contribution in [3.8, 4) is 0 Å². The molecule has 1 aromatic carbocycles. The second kappa shape index (κ2) is 3.35. The molecule has 2 heteroatoms. The van der Waals surface area contributed by atoms with E-state index >= 15 is 0 Å². The fourth-order valence-electron chi connectivity index (χ4n) is 1.48. The summed E-state index contributed by atoms with van der Waals surface area (Å²) in [5, 5.41) is 9.74. The van der Waals surface area contributed by atoms with Crippen molar-refractivity contribution in [2.24, 2.45) is 0 Å². The highest BCUT2D eigenvalue weighted by atomic mass is 32.2. The molecule has 0 unspecified atom stereocenters. The Balaban J connectivity index is 2.11. The third-order valence-corrected chi connectivity index (χ3v) is 3.22. The Kier molecular flexibility index (Phi) is 2.35. The Morgan fingerprint density at radius 1 is 1.46 bits per heavy atom. The summed E-state index contributed by atoms with van der Waals surface area (Å²) in [7, 11) is 0. The van der Waals surface area contributed by atoms with Gasteiger partial charge in [0.05, 0.1) is 5.60 Å². The maximum absolute atomic E-state index is 9.74. The molecule has 1 aliphatic rings. The van der Waals surface area contributed by atoms with Crippen LogP contribution in [0.1, 0.15) is 18.4 Å². The second-order valence-corrected chi connectivity index (χ2v) is 4.63. The largest absolute Gasteiger partial charge is 0.390 e. The molecule has 1 saturated carbocycles. The van der Waals surface area contributed by atoms with Crippen LogP contribution in [-0.2, 0) is 6.42 Å². The molecule has 0 aromatic heterocycles. The lowest BCUT2D eigenvalue weighted by Crippen LogP contribution is -2.10. The van der Waals surface area contributed by atoms with Crippen LogP contribution >= 0.6 is 11.8 Å². The number of thioether (sulfide) groups is 1. The molecule has 1 N–H and O–H groups in total. The fourth-order valence-corrected chi connectivity index (χ4v) is 1.97. The van der Waals surface area contributed by atoms with Gasteiger partial charge in [0.25, 0.3) is 0 Å². The fraction of sp³-hybridized carbons (Fsp3) is 0.455. The summed E-state index contributed by atoms with van der Waals surface area (Å²) >= 11 is 1.75. The molecule has 1 aliphatic carbocycles. The maximum atomic E-state index is 9.74. The normalized spacial score (nSPS) is 18.6. The van der Waals surface area contributed by atoms with Gasteiger partial charge in [0, 0.05) is 11.3 Å². The van der Waals surface area contributed by atoms with Gasteiger partial charge in [0.2, 0.25) is 0 Å². The van der Waals surface area contributed by atoms with Gasteiger partial charge in [0.1, 0.15) is 0 Å². The van der Waals surface area contributed by atoms with Crippen LogP contribution in [0.15, 0.2) is 29.2 Å². The first-order chi connectivity index (χ1) is 6.22. The monoisotopic (exact) mass is 194 g/mol. The van der Waals surface area contributed by atoms with E-state index in [-0.39, 0.29) is 5.60 Å². The first-order valence-electron chi connectivity index (χ1n) is 4.57. The van der Waals surface area contributed by atoms with Gasteiger partial charge in [-0.05, 0) is 36.8 Å². The molecule has 0 spiro atoms. The molecule has 1 nitrogen and oxygen atoms in total. The van der Waals surface area contributed by atoms with Crippen LogP contribution in [-0.4, -0.2) is 17.0 Å². The minimum atomic E-state index is -0.364. The van der Waals surface area contributed by atoms with Crippen molar-refractivity contribution < 1.29 is 5.11 Å². The van der Waals surface area contributed by atoms with E-state index in [1.165, 1.54) is 10.5 Å². The van der Waals surface area contributed by atoms with E-state index in [0.29, 0.717) is 0 Å². The molecule has 1 aromatic rings. The molecule has 13 heavy (non-hydrogen) atoms. The Bertz CT molecular complexity index is 305. The predicted octanol–water partition coefficient (Wildman–Crippen LogP) is 2.48. The second-order valence-electron chi connectivity index (χ2n) is 3.75. The summed E-state index contributed by atoms with van der Waals surface area (Å²) in [5.41, 5.74) is 0.892. The third kappa shape index (κ3) is 2.26. The molecule has 0 atom stereocenters. The van der Waals surface area contributed by atoms with Crippen molar-refractivity contribution in [2.45, 2.75) is 29.8 Å². The zero-order valence-corrected chi connectivity index (χ0v) is 8.60. The summed E-state index contributed by atoms with van der Waals surface area (Å²) in [5.74, 6) is 0. The predicted molar refractivity (Wildman–Crippen MR) is 56.1 cm³/mol. The van der Waals surface area contributed by atoms with Crippen LogP contribution < -0.4 is 0 Å². The van der Waals surface area contributed by atoms with Crippen LogP contribution in [0.5, 0.6) is 0 Å². The van der Waals surface area contributed by atoms with E-state index in [0.717, 1.165) is 19.3 Å². The summed E-state index contributed by atoms with van der Waals surface area (Å²) in [6.07, 6.45) is 4.83. The van der Waals surface area contributed by atoms with E-state index in [1.54, 1.807) is 11.8 Å². The standard InChI is InChI=1S/C11H14OS/c1-13-10-4-2-3-9(7-10)8-11(12)5-6-11/h2-4,7,12H,5-6,8H2,1H3. The lowest BCUT2D eigenvalue weighted by atomic mass is 10.1. The van der Waals surface area contributed by atoms with Crippen LogP contribution in [0.2, 0.25) is 0 Å². The highest BCUT2D eigenvalue weighted by Gasteiger charge is 2.39. The minimum Gasteiger partial charge on any atom is -0.390 e. The zero-order chi connectivity index (χ0) is 9.31. The van der Waals surface area contributed by atoms with Crippen molar-refractivity contribution in [3.63, 3.8) is 0 Å². The first-order valence-corrected chi connectivity index (χ1v) is 5.80. The van der Waals surface area contributed by atoms with Gasteiger partial charge in [-0.2, -0.15) is 0 Å². The third-order valence-electron chi connectivity index (χ3n) is 2.49. The highest BCUT2D eigenvalue weighted by molar-refractivity contribution is 7.98. The van der Waals surface area contributed by atoms with Gasteiger partial charge < -0.3 is 5.11 Å². The first kappa shape index (κ1) is 9.10. The molecule has 0 bridgehead atoms.